The highest BCUT2D eigenvalue weighted by Crippen LogP contribution is 2.40. The molecule has 1 aromatic heterocycles. The molecule has 2 rings (SSSR count). The molecular formula is C9H11BrN2O5S. The van der Waals surface area contributed by atoms with Crippen LogP contribution in [0.3, 0.4) is 0 Å². The van der Waals surface area contributed by atoms with Gasteiger partial charge >= 0.3 is 5.69 Å². The summed E-state index contributed by atoms with van der Waals surface area (Å²) in [6.07, 6.45) is -1.06. The first-order valence-electron chi connectivity index (χ1n) is 5.09. The molecule has 1 aliphatic rings. The number of nitrogens with zero attached hydrogens (tertiary/aromatic N) is 1. The lowest BCUT2D eigenvalue weighted by molar-refractivity contribution is 0.0101. The minimum Gasteiger partial charge on any atom is -0.395 e. The Hall–Kier alpha value is -0.610. The normalized spacial score (nSPS) is 31.8. The van der Waals surface area contributed by atoms with Crippen LogP contribution in [0.2, 0.25) is 0 Å². The zero-order valence-electron chi connectivity index (χ0n) is 8.99. The maximum atomic E-state index is 11.6. The summed E-state index contributed by atoms with van der Waals surface area (Å²) in [5.41, 5.74) is -1.24. The highest BCUT2D eigenvalue weighted by Gasteiger charge is 2.43. The lowest BCUT2D eigenvalue weighted by Gasteiger charge is -2.17. The third-order valence-corrected chi connectivity index (χ3v) is 4.84. The summed E-state index contributed by atoms with van der Waals surface area (Å²) in [6.45, 7) is -0.307. The Kier molecular flexibility index (Phi) is 3.97. The molecule has 18 heavy (non-hydrogen) atoms. The molecular weight excluding hydrogens is 328 g/mol. The highest BCUT2D eigenvalue weighted by molar-refractivity contribution is 9.10. The molecule has 1 aromatic rings. The van der Waals surface area contributed by atoms with E-state index in [1.807, 2.05) is 0 Å². The van der Waals surface area contributed by atoms with Gasteiger partial charge in [-0.25, -0.2) is 4.79 Å². The van der Waals surface area contributed by atoms with E-state index in [-0.39, 0.29) is 11.1 Å². The van der Waals surface area contributed by atoms with Crippen molar-refractivity contribution in [3.8, 4) is 0 Å². The number of rotatable bonds is 2. The van der Waals surface area contributed by atoms with Crippen LogP contribution in [0.25, 0.3) is 0 Å². The van der Waals surface area contributed by atoms with Crippen LogP contribution in [0.15, 0.2) is 20.3 Å². The molecule has 0 saturated carbocycles. The molecule has 4 atom stereocenters. The number of thioether (sulfide) groups is 1. The van der Waals surface area contributed by atoms with E-state index in [0.29, 0.717) is 0 Å². The van der Waals surface area contributed by atoms with E-state index in [4.69, 9.17) is 5.11 Å². The van der Waals surface area contributed by atoms with E-state index in [0.717, 1.165) is 16.3 Å². The van der Waals surface area contributed by atoms with Gasteiger partial charge in [-0.3, -0.25) is 14.3 Å². The first kappa shape index (κ1) is 13.8. The molecule has 0 aliphatic carbocycles. The van der Waals surface area contributed by atoms with E-state index in [9.17, 15) is 19.8 Å². The van der Waals surface area contributed by atoms with Crippen LogP contribution >= 0.6 is 27.7 Å². The van der Waals surface area contributed by atoms with Crippen molar-refractivity contribution in [2.45, 2.75) is 22.8 Å². The third kappa shape index (κ3) is 2.28. The van der Waals surface area contributed by atoms with Crippen molar-refractivity contribution in [1.29, 1.82) is 0 Å². The molecule has 100 valence electrons. The van der Waals surface area contributed by atoms with Crippen LogP contribution in [0.1, 0.15) is 5.37 Å². The quantitative estimate of drug-likeness (QED) is 0.528. The SMILES string of the molecule is O=c1[nH]c(=O)n([C@@H]2S[C@H](CO)[C@H](O)C2O)cc1Br. The van der Waals surface area contributed by atoms with Gasteiger partial charge in [0, 0.05) is 6.20 Å². The lowest BCUT2D eigenvalue weighted by atomic mass is 10.1. The minimum atomic E-state index is -1.19. The number of hydrogen-bond donors (Lipinski definition) is 4. The second-order valence-electron chi connectivity index (χ2n) is 3.87. The van der Waals surface area contributed by atoms with Crippen LogP contribution in [0, 0.1) is 0 Å². The van der Waals surface area contributed by atoms with E-state index in [2.05, 4.69) is 20.9 Å². The van der Waals surface area contributed by atoms with Gasteiger partial charge in [-0.1, -0.05) is 0 Å². The molecule has 4 N–H and O–H groups in total. The van der Waals surface area contributed by atoms with Crippen LogP contribution in [-0.4, -0.2) is 48.9 Å². The van der Waals surface area contributed by atoms with Crippen molar-refractivity contribution < 1.29 is 15.3 Å². The topological polar surface area (TPSA) is 116 Å². The van der Waals surface area contributed by atoms with Gasteiger partial charge in [-0.15, -0.1) is 11.8 Å². The number of H-pyrrole nitrogens is 1. The van der Waals surface area contributed by atoms with Crippen molar-refractivity contribution in [2.24, 2.45) is 0 Å². The molecule has 0 bridgehead atoms. The van der Waals surface area contributed by atoms with Gasteiger partial charge in [0.25, 0.3) is 5.56 Å². The number of aliphatic hydroxyl groups is 3. The second kappa shape index (κ2) is 5.17. The minimum absolute atomic E-state index is 0.150. The Morgan fingerprint density at radius 3 is 2.61 bits per heavy atom. The summed E-state index contributed by atoms with van der Waals surface area (Å²) in [5.74, 6) is 0. The predicted molar refractivity (Wildman–Crippen MR) is 68.5 cm³/mol. The van der Waals surface area contributed by atoms with E-state index in [1.54, 1.807) is 0 Å². The molecule has 1 fully saturated rings. The molecule has 1 unspecified atom stereocenters. The maximum absolute atomic E-state index is 11.6. The van der Waals surface area contributed by atoms with Gasteiger partial charge in [0.1, 0.15) is 11.5 Å². The third-order valence-electron chi connectivity index (χ3n) is 2.72. The van der Waals surface area contributed by atoms with Crippen LogP contribution < -0.4 is 11.2 Å². The summed E-state index contributed by atoms with van der Waals surface area (Å²) < 4.78 is 1.27. The Labute approximate surface area is 114 Å². The average molecular weight is 339 g/mol. The molecule has 2 heterocycles. The van der Waals surface area contributed by atoms with Gasteiger partial charge < -0.3 is 15.3 Å². The summed E-state index contributed by atoms with van der Waals surface area (Å²) in [5, 5.41) is 27.2. The standard InChI is InChI=1S/C9H11BrN2O5S/c10-3-1-12(9(17)11-7(3)16)8-6(15)5(14)4(2-13)18-8/h1,4-6,8,13-15H,2H2,(H,11,16,17)/t4-,5+,6?,8-/m1/s1. The average Bonchev–Trinajstić information content (AvgIpc) is 2.61. The van der Waals surface area contributed by atoms with Crippen molar-refractivity contribution in [1.82, 2.24) is 9.55 Å². The fraction of sp³-hybridized carbons (Fsp3) is 0.556. The number of nitrogens with one attached hydrogen (secondary N) is 1. The smallest absolute Gasteiger partial charge is 0.329 e. The van der Waals surface area contributed by atoms with E-state index in [1.165, 1.54) is 6.20 Å². The molecule has 9 heteroatoms. The number of halogens is 1. The fourth-order valence-electron chi connectivity index (χ4n) is 1.76. The summed E-state index contributed by atoms with van der Waals surface area (Å²) in [6, 6.07) is 0. The van der Waals surface area contributed by atoms with Crippen LogP contribution in [0.5, 0.6) is 0 Å². The van der Waals surface area contributed by atoms with Gasteiger partial charge in [-0.2, -0.15) is 0 Å². The number of aromatic amines is 1. The Bertz CT molecular complexity index is 559. The molecule has 0 spiro atoms. The Balaban J connectivity index is 2.42. The summed E-state index contributed by atoms with van der Waals surface area (Å²) in [4.78, 5) is 24.9. The van der Waals surface area contributed by atoms with Gasteiger partial charge in [-0.05, 0) is 15.9 Å². The summed E-state index contributed by atoms with van der Waals surface area (Å²) >= 11 is 4.07. The molecule has 1 aliphatic heterocycles. The number of aromatic nitrogens is 2. The molecule has 7 nitrogen and oxygen atoms in total. The van der Waals surface area contributed by atoms with Gasteiger partial charge in [0.15, 0.2) is 0 Å². The van der Waals surface area contributed by atoms with E-state index < -0.39 is 34.1 Å². The fourth-order valence-corrected chi connectivity index (χ4v) is 3.46. The Morgan fingerprint density at radius 2 is 2.06 bits per heavy atom. The van der Waals surface area contributed by atoms with Crippen molar-refractivity contribution in [3.05, 3.63) is 31.5 Å². The molecule has 0 radical (unpaired) electrons. The van der Waals surface area contributed by atoms with Gasteiger partial charge in [0.2, 0.25) is 0 Å². The molecule has 0 amide bonds. The van der Waals surface area contributed by atoms with Crippen LogP contribution in [0.4, 0.5) is 0 Å². The summed E-state index contributed by atoms with van der Waals surface area (Å²) in [7, 11) is 0. The van der Waals surface area contributed by atoms with E-state index >= 15 is 0 Å². The monoisotopic (exact) mass is 338 g/mol. The molecule has 0 aromatic carbocycles. The zero-order valence-corrected chi connectivity index (χ0v) is 11.4. The largest absolute Gasteiger partial charge is 0.395 e. The maximum Gasteiger partial charge on any atom is 0.329 e. The second-order valence-corrected chi connectivity index (χ2v) is 6.09. The highest BCUT2D eigenvalue weighted by atomic mass is 79.9. The van der Waals surface area contributed by atoms with Crippen molar-refractivity contribution in [2.75, 3.05) is 6.61 Å². The van der Waals surface area contributed by atoms with Crippen molar-refractivity contribution >= 4 is 27.7 Å². The number of hydrogen-bond acceptors (Lipinski definition) is 6. The predicted octanol–water partition coefficient (Wildman–Crippen LogP) is -1.37. The first-order chi connectivity index (χ1) is 8.45. The lowest BCUT2D eigenvalue weighted by Crippen LogP contribution is -2.37. The number of aliphatic hydroxyl groups excluding tert-OH is 3. The van der Waals surface area contributed by atoms with Crippen molar-refractivity contribution in [3.63, 3.8) is 0 Å². The zero-order chi connectivity index (χ0) is 13.4. The first-order valence-corrected chi connectivity index (χ1v) is 6.82. The Morgan fingerprint density at radius 1 is 1.39 bits per heavy atom. The van der Waals surface area contributed by atoms with Crippen LogP contribution in [-0.2, 0) is 0 Å². The molecule has 1 saturated heterocycles. The van der Waals surface area contributed by atoms with Gasteiger partial charge in [0.05, 0.1) is 22.4 Å².